The summed E-state index contributed by atoms with van der Waals surface area (Å²) in [6.07, 6.45) is 4.74. The number of thiazole rings is 1. The van der Waals surface area contributed by atoms with E-state index in [1.165, 1.54) is 24.1 Å². The molecule has 0 aromatic carbocycles. The molecule has 2 aromatic heterocycles. The number of nitrogens with zero attached hydrogens (tertiary/aromatic N) is 4. The number of rotatable bonds is 4. The molecule has 1 aliphatic carbocycles. The highest BCUT2D eigenvalue weighted by Crippen LogP contribution is 2.40. The van der Waals surface area contributed by atoms with E-state index in [4.69, 9.17) is 4.52 Å². The molecule has 6 heteroatoms. The monoisotopic (exact) mass is 304 g/mol. The van der Waals surface area contributed by atoms with E-state index in [2.05, 4.69) is 33.9 Å². The second kappa shape index (κ2) is 5.18. The molecular formula is C15H20N4OS. The highest BCUT2D eigenvalue weighted by atomic mass is 32.1. The van der Waals surface area contributed by atoms with Crippen molar-refractivity contribution in [3.8, 4) is 0 Å². The Bertz CT molecular complexity index is 646. The minimum absolute atomic E-state index is 0.308. The number of aromatic nitrogens is 3. The van der Waals surface area contributed by atoms with Gasteiger partial charge in [0.1, 0.15) is 0 Å². The molecule has 1 aliphatic heterocycles. The second-order valence-corrected chi connectivity index (χ2v) is 7.42. The first-order valence-corrected chi connectivity index (χ1v) is 8.53. The van der Waals surface area contributed by atoms with E-state index in [0.717, 1.165) is 41.9 Å². The van der Waals surface area contributed by atoms with Crippen molar-refractivity contribution in [2.45, 2.75) is 58.0 Å². The smallest absolute Gasteiger partial charge is 0.229 e. The summed E-state index contributed by atoms with van der Waals surface area (Å²) >= 11 is 1.80. The summed E-state index contributed by atoms with van der Waals surface area (Å²) in [5.74, 6) is 2.27. The maximum atomic E-state index is 5.43. The van der Waals surface area contributed by atoms with Crippen LogP contribution < -0.4 is 0 Å². The minimum atomic E-state index is 0.308. The summed E-state index contributed by atoms with van der Waals surface area (Å²) in [6.45, 7) is 6.23. The van der Waals surface area contributed by atoms with E-state index in [1.807, 2.05) is 0 Å². The van der Waals surface area contributed by atoms with Crippen LogP contribution >= 0.6 is 11.3 Å². The molecule has 4 rings (SSSR count). The van der Waals surface area contributed by atoms with Gasteiger partial charge in [-0.25, -0.2) is 4.98 Å². The van der Waals surface area contributed by atoms with Crippen molar-refractivity contribution >= 4 is 11.3 Å². The van der Waals surface area contributed by atoms with Crippen LogP contribution in [0.15, 0.2) is 4.52 Å². The summed E-state index contributed by atoms with van der Waals surface area (Å²) in [5.41, 5.74) is 1.16. The van der Waals surface area contributed by atoms with Gasteiger partial charge >= 0.3 is 0 Å². The average Bonchev–Trinajstić information content (AvgIpc) is 2.88. The Morgan fingerprint density at radius 2 is 2.10 bits per heavy atom. The van der Waals surface area contributed by atoms with E-state index in [0.29, 0.717) is 12.0 Å². The van der Waals surface area contributed by atoms with E-state index in [9.17, 15) is 0 Å². The molecule has 2 aromatic rings. The van der Waals surface area contributed by atoms with Crippen molar-refractivity contribution in [1.82, 2.24) is 20.0 Å². The Kier molecular flexibility index (Phi) is 3.30. The van der Waals surface area contributed by atoms with Gasteiger partial charge in [-0.3, -0.25) is 4.90 Å². The molecule has 0 amide bonds. The lowest BCUT2D eigenvalue weighted by Crippen LogP contribution is -2.23. The van der Waals surface area contributed by atoms with Gasteiger partial charge < -0.3 is 4.52 Å². The fourth-order valence-electron chi connectivity index (χ4n) is 3.09. The van der Waals surface area contributed by atoms with Crippen molar-refractivity contribution in [3.63, 3.8) is 0 Å². The molecule has 1 saturated carbocycles. The zero-order chi connectivity index (χ0) is 14.4. The largest absolute Gasteiger partial charge is 0.339 e. The summed E-state index contributed by atoms with van der Waals surface area (Å²) in [5, 5.41) is 5.39. The molecule has 2 fully saturated rings. The first-order valence-electron chi connectivity index (χ1n) is 7.71. The summed E-state index contributed by atoms with van der Waals surface area (Å²) in [7, 11) is 0. The molecule has 21 heavy (non-hydrogen) atoms. The molecule has 1 saturated heterocycles. The highest BCUT2D eigenvalue weighted by molar-refractivity contribution is 7.11. The lowest BCUT2D eigenvalue weighted by Gasteiger charge is -2.21. The molecule has 112 valence electrons. The lowest BCUT2D eigenvalue weighted by molar-refractivity contribution is 0.235. The Labute approximate surface area is 128 Å². The Hall–Kier alpha value is -1.27. The third-order valence-electron chi connectivity index (χ3n) is 4.39. The normalized spacial score (nSPS) is 23.0. The van der Waals surface area contributed by atoms with Crippen LogP contribution in [0.5, 0.6) is 0 Å². The van der Waals surface area contributed by atoms with Crippen molar-refractivity contribution in [3.05, 3.63) is 27.3 Å². The van der Waals surface area contributed by atoms with E-state index in [1.54, 1.807) is 11.3 Å². The van der Waals surface area contributed by atoms with Crippen LogP contribution in [0.2, 0.25) is 0 Å². The summed E-state index contributed by atoms with van der Waals surface area (Å²) in [6, 6.07) is 0.308. The third-order valence-corrected chi connectivity index (χ3v) is 5.45. The summed E-state index contributed by atoms with van der Waals surface area (Å²) < 4.78 is 5.43. The molecule has 0 N–H and O–H groups in total. The first kappa shape index (κ1) is 13.4. The maximum absolute atomic E-state index is 5.43. The van der Waals surface area contributed by atoms with Crippen LogP contribution in [-0.2, 0) is 6.54 Å². The van der Waals surface area contributed by atoms with Gasteiger partial charge in [0.2, 0.25) is 5.89 Å². The third kappa shape index (κ3) is 2.62. The Morgan fingerprint density at radius 3 is 2.81 bits per heavy atom. The van der Waals surface area contributed by atoms with Gasteiger partial charge in [-0.2, -0.15) is 4.98 Å². The molecule has 1 atom stereocenters. The van der Waals surface area contributed by atoms with Crippen LogP contribution in [0.4, 0.5) is 0 Å². The molecule has 0 bridgehead atoms. The lowest BCUT2D eigenvalue weighted by atomic mass is 10.2. The van der Waals surface area contributed by atoms with Gasteiger partial charge in [0.05, 0.1) is 16.7 Å². The van der Waals surface area contributed by atoms with Gasteiger partial charge in [-0.15, -0.1) is 11.3 Å². The number of hydrogen-bond acceptors (Lipinski definition) is 6. The standard InChI is InChI=1S/C15H20N4OS/c1-9-13(21-10(2)16-9)8-19-7-3-4-12(19)14-17-15(20-18-14)11-5-6-11/h11-12H,3-8H2,1-2H3/t12-/m0/s1. The van der Waals surface area contributed by atoms with Crippen LogP contribution in [-0.4, -0.2) is 26.6 Å². The van der Waals surface area contributed by atoms with Crippen molar-refractivity contribution < 1.29 is 4.52 Å². The molecule has 0 radical (unpaired) electrons. The van der Waals surface area contributed by atoms with Crippen molar-refractivity contribution in [2.75, 3.05) is 6.54 Å². The molecule has 5 nitrogen and oxygen atoms in total. The van der Waals surface area contributed by atoms with Gasteiger partial charge in [-0.1, -0.05) is 5.16 Å². The number of hydrogen-bond donors (Lipinski definition) is 0. The predicted octanol–water partition coefficient (Wildman–Crippen LogP) is 3.36. The zero-order valence-corrected chi connectivity index (χ0v) is 13.3. The van der Waals surface area contributed by atoms with Gasteiger partial charge in [0.25, 0.3) is 0 Å². The van der Waals surface area contributed by atoms with Crippen molar-refractivity contribution in [2.24, 2.45) is 0 Å². The minimum Gasteiger partial charge on any atom is -0.339 e. The average molecular weight is 304 g/mol. The summed E-state index contributed by atoms with van der Waals surface area (Å²) in [4.78, 5) is 13.0. The van der Waals surface area contributed by atoms with Gasteiger partial charge in [0, 0.05) is 17.3 Å². The number of likely N-dealkylation sites (tertiary alicyclic amines) is 1. The molecule has 2 aliphatic rings. The fraction of sp³-hybridized carbons (Fsp3) is 0.667. The quantitative estimate of drug-likeness (QED) is 0.867. The predicted molar refractivity (Wildman–Crippen MR) is 80.2 cm³/mol. The van der Waals surface area contributed by atoms with E-state index < -0.39 is 0 Å². The maximum Gasteiger partial charge on any atom is 0.229 e. The van der Waals surface area contributed by atoms with Crippen LogP contribution in [0.1, 0.15) is 64.9 Å². The molecule has 0 spiro atoms. The Balaban J connectivity index is 1.52. The molecule has 3 heterocycles. The zero-order valence-electron chi connectivity index (χ0n) is 12.5. The molecule has 0 unspecified atom stereocenters. The highest BCUT2D eigenvalue weighted by Gasteiger charge is 2.34. The van der Waals surface area contributed by atoms with Crippen LogP contribution in [0, 0.1) is 13.8 Å². The van der Waals surface area contributed by atoms with Crippen LogP contribution in [0.25, 0.3) is 0 Å². The van der Waals surface area contributed by atoms with Gasteiger partial charge in [0.15, 0.2) is 5.82 Å². The fourth-order valence-corrected chi connectivity index (χ4v) is 4.05. The number of aryl methyl sites for hydroxylation is 2. The van der Waals surface area contributed by atoms with E-state index >= 15 is 0 Å². The second-order valence-electron chi connectivity index (χ2n) is 6.14. The topological polar surface area (TPSA) is 55.1 Å². The van der Waals surface area contributed by atoms with Crippen LogP contribution in [0.3, 0.4) is 0 Å². The van der Waals surface area contributed by atoms with Gasteiger partial charge in [-0.05, 0) is 46.1 Å². The SMILES string of the molecule is Cc1nc(C)c(CN2CCC[C@H]2c2noc(C3CC3)n2)s1. The first-order chi connectivity index (χ1) is 10.2. The molecular weight excluding hydrogens is 284 g/mol. The van der Waals surface area contributed by atoms with E-state index in [-0.39, 0.29) is 0 Å². The van der Waals surface area contributed by atoms with Crippen molar-refractivity contribution in [1.29, 1.82) is 0 Å². The Morgan fingerprint density at radius 1 is 1.24 bits per heavy atom.